The summed E-state index contributed by atoms with van der Waals surface area (Å²) in [5.74, 6) is 0.0940. The third kappa shape index (κ3) is 3.60. The van der Waals surface area contributed by atoms with Crippen LogP contribution in [0.4, 0.5) is 0 Å². The van der Waals surface area contributed by atoms with Crippen molar-refractivity contribution in [2.24, 2.45) is 0 Å². The molecule has 1 nitrogen and oxygen atoms in total. The van der Waals surface area contributed by atoms with Crippen molar-refractivity contribution in [1.82, 2.24) is 0 Å². The van der Waals surface area contributed by atoms with Gasteiger partial charge in [-0.15, -0.1) is 0 Å². The van der Waals surface area contributed by atoms with Crippen molar-refractivity contribution in [3.63, 3.8) is 0 Å². The number of Topliss-reactive ketones (excluding diaryl/α,β-unsaturated/α-hetero) is 1. The highest BCUT2D eigenvalue weighted by Gasteiger charge is 2.08. The van der Waals surface area contributed by atoms with Gasteiger partial charge in [0.15, 0.2) is 5.78 Å². The summed E-state index contributed by atoms with van der Waals surface area (Å²) in [6, 6.07) is 19.3. The van der Waals surface area contributed by atoms with Crippen molar-refractivity contribution in [2.75, 3.05) is 0 Å². The van der Waals surface area contributed by atoms with Crippen LogP contribution in [0.1, 0.15) is 22.3 Å². The van der Waals surface area contributed by atoms with E-state index in [-0.39, 0.29) is 5.78 Å². The molecular formula is C16H14OS. The second kappa shape index (κ2) is 6.22. The van der Waals surface area contributed by atoms with Crippen LogP contribution < -0.4 is 0 Å². The Balaban J connectivity index is 1.94. The molecule has 0 aliphatic heterocycles. The normalized spacial score (nSPS) is 10.0. The van der Waals surface area contributed by atoms with Gasteiger partial charge in [0.1, 0.15) is 0 Å². The van der Waals surface area contributed by atoms with Crippen molar-refractivity contribution in [3.05, 3.63) is 71.8 Å². The molecule has 0 spiro atoms. The molecule has 0 bridgehead atoms. The smallest absolute Gasteiger partial charge is 0.167 e. The molecule has 2 rings (SSSR count). The van der Waals surface area contributed by atoms with Crippen LogP contribution >= 0.6 is 12.2 Å². The van der Waals surface area contributed by atoms with E-state index in [0.29, 0.717) is 12.8 Å². The van der Waals surface area contributed by atoms with Gasteiger partial charge in [0.25, 0.3) is 0 Å². The van der Waals surface area contributed by atoms with Gasteiger partial charge in [-0.2, -0.15) is 0 Å². The Hall–Kier alpha value is -1.80. The molecular weight excluding hydrogens is 240 g/mol. The van der Waals surface area contributed by atoms with E-state index in [1.54, 1.807) is 0 Å². The average Bonchev–Trinajstić information content (AvgIpc) is 2.40. The molecule has 0 aromatic heterocycles. The molecule has 0 aliphatic rings. The second-order valence-electron chi connectivity index (χ2n) is 4.17. The summed E-state index contributed by atoms with van der Waals surface area (Å²) in [5.41, 5.74) is 1.89. The maximum absolute atomic E-state index is 12.0. The molecule has 2 heteroatoms. The molecule has 0 saturated heterocycles. The van der Waals surface area contributed by atoms with Gasteiger partial charge in [0.2, 0.25) is 0 Å². The maximum atomic E-state index is 12.0. The predicted octanol–water partition coefficient (Wildman–Crippen LogP) is 3.87. The van der Waals surface area contributed by atoms with E-state index in [1.165, 1.54) is 0 Å². The fraction of sp³-hybridized carbons (Fsp3) is 0.125. The number of carbonyl (C=O) groups is 1. The number of rotatable bonds is 5. The molecule has 0 heterocycles. The van der Waals surface area contributed by atoms with Gasteiger partial charge in [-0.3, -0.25) is 4.79 Å². The summed E-state index contributed by atoms with van der Waals surface area (Å²) in [4.78, 5) is 12.7. The van der Waals surface area contributed by atoms with E-state index in [0.717, 1.165) is 16.0 Å². The highest BCUT2D eigenvalue weighted by Crippen LogP contribution is 2.08. The molecule has 0 atom stereocenters. The molecule has 0 amide bonds. The third-order valence-corrected chi connectivity index (χ3v) is 2.99. The first-order valence-corrected chi connectivity index (χ1v) is 6.30. The predicted molar refractivity (Wildman–Crippen MR) is 78.1 cm³/mol. The van der Waals surface area contributed by atoms with E-state index in [1.807, 2.05) is 60.7 Å². The molecule has 2 aromatic carbocycles. The lowest BCUT2D eigenvalue weighted by Gasteiger charge is -2.04. The highest BCUT2D eigenvalue weighted by atomic mass is 32.1. The molecule has 0 radical (unpaired) electrons. The van der Waals surface area contributed by atoms with Gasteiger partial charge < -0.3 is 0 Å². The fourth-order valence-corrected chi connectivity index (χ4v) is 2.09. The van der Waals surface area contributed by atoms with Crippen LogP contribution in [0.2, 0.25) is 0 Å². The minimum Gasteiger partial charge on any atom is -0.294 e. The first-order chi connectivity index (χ1) is 8.75. The van der Waals surface area contributed by atoms with E-state index in [4.69, 9.17) is 12.2 Å². The van der Waals surface area contributed by atoms with Crippen molar-refractivity contribution < 1.29 is 4.79 Å². The molecule has 0 fully saturated rings. The first kappa shape index (κ1) is 12.7. The van der Waals surface area contributed by atoms with Crippen LogP contribution in [-0.4, -0.2) is 10.6 Å². The molecule has 2 aromatic rings. The van der Waals surface area contributed by atoms with Crippen LogP contribution in [0.3, 0.4) is 0 Å². The number of ketones is 1. The number of carbonyl (C=O) groups excluding carboxylic acids is 1. The zero-order chi connectivity index (χ0) is 12.8. The number of hydrogen-bond donors (Lipinski definition) is 0. The minimum atomic E-state index is 0.0940. The Kier molecular flexibility index (Phi) is 4.37. The molecule has 0 unspecified atom stereocenters. The summed E-state index contributed by atoms with van der Waals surface area (Å²) in [5, 5.41) is 0. The SMILES string of the molecule is O=C(CC(=S)Cc1ccccc1)c1ccccc1. The van der Waals surface area contributed by atoms with Crippen molar-refractivity contribution >= 4 is 22.9 Å². The Morgan fingerprint density at radius 2 is 1.44 bits per heavy atom. The number of hydrogen-bond acceptors (Lipinski definition) is 2. The Morgan fingerprint density at radius 3 is 2.06 bits per heavy atom. The van der Waals surface area contributed by atoms with Crippen LogP contribution in [-0.2, 0) is 6.42 Å². The lowest BCUT2D eigenvalue weighted by Crippen LogP contribution is -2.08. The monoisotopic (exact) mass is 254 g/mol. The van der Waals surface area contributed by atoms with Gasteiger partial charge in [0.05, 0.1) is 0 Å². The van der Waals surface area contributed by atoms with E-state index in [2.05, 4.69) is 0 Å². The number of benzene rings is 2. The lowest BCUT2D eigenvalue weighted by molar-refractivity contribution is 0.100. The zero-order valence-electron chi connectivity index (χ0n) is 10.0. The molecule has 90 valence electrons. The summed E-state index contributed by atoms with van der Waals surface area (Å²) >= 11 is 5.29. The standard InChI is InChI=1S/C16H14OS/c17-16(14-9-5-2-6-10-14)12-15(18)11-13-7-3-1-4-8-13/h1-10H,11-12H2. The van der Waals surface area contributed by atoms with E-state index < -0.39 is 0 Å². The Labute approximate surface area is 112 Å². The van der Waals surface area contributed by atoms with Crippen LogP contribution in [0.25, 0.3) is 0 Å². The summed E-state index contributed by atoms with van der Waals surface area (Å²) < 4.78 is 0. The Morgan fingerprint density at radius 1 is 0.889 bits per heavy atom. The van der Waals surface area contributed by atoms with Crippen LogP contribution in [0.15, 0.2) is 60.7 Å². The third-order valence-electron chi connectivity index (χ3n) is 2.70. The van der Waals surface area contributed by atoms with E-state index in [9.17, 15) is 4.79 Å². The lowest BCUT2D eigenvalue weighted by atomic mass is 10.0. The molecule has 18 heavy (non-hydrogen) atoms. The molecule has 0 N–H and O–H groups in total. The summed E-state index contributed by atoms with van der Waals surface area (Å²) in [7, 11) is 0. The van der Waals surface area contributed by atoms with Crippen molar-refractivity contribution in [1.29, 1.82) is 0 Å². The van der Waals surface area contributed by atoms with Crippen LogP contribution in [0, 0.1) is 0 Å². The topological polar surface area (TPSA) is 17.1 Å². The maximum Gasteiger partial charge on any atom is 0.167 e. The second-order valence-corrected chi connectivity index (χ2v) is 4.74. The van der Waals surface area contributed by atoms with Crippen molar-refractivity contribution in [3.8, 4) is 0 Å². The zero-order valence-corrected chi connectivity index (χ0v) is 10.8. The molecule has 0 aliphatic carbocycles. The van der Waals surface area contributed by atoms with Gasteiger partial charge in [-0.05, 0) is 5.56 Å². The number of thiocarbonyl (C=S) groups is 1. The largest absolute Gasteiger partial charge is 0.294 e. The summed E-state index contributed by atoms with van der Waals surface area (Å²) in [6.45, 7) is 0. The van der Waals surface area contributed by atoms with E-state index >= 15 is 0 Å². The van der Waals surface area contributed by atoms with Gasteiger partial charge in [-0.25, -0.2) is 0 Å². The highest BCUT2D eigenvalue weighted by molar-refractivity contribution is 7.80. The average molecular weight is 254 g/mol. The fourth-order valence-electron chi connectivity index (χ4n) is 1.79. The van der Waals surface area contributed by atoms with Crippen molar-refractivity contribution in [2.45, 2.75) is 12.8 Å². The minimum absolute atomic E-state index is 0.0940. The quantitative estimate of drug-likeness (QED) is 0.595. The molecule has 0 saturated carbocycles. The van der Waals surface area contributed by atoms with Crippen LogP contribution in [0.5, 0.6) is 0 Å². The summed E-state index contributed by atoms with van der Waals surface area (Å²) in [6.07, 6.45) is 1.03. The van der Waals surface area contributed by atoms with Gasteiger partial charge in [0, 0.05) is 23.3 Å². The van der Waals surface area contributed by atoms with Gasteiger partial charge >= 0.3 is 0 Å². The first-order valence-electron chi connectivity index (χ1n) is 5.89. The Bertz CT molecular complexity index is 532. The van der Waals surface area contributed by atoms with Gasteiger partial charge in [-0.1, -0.05) is 72.9 Å².